The second-order valence-corrected chi connectivity index (χ2v) is 0. The number of hydrogen-bond acceptors (Lipinski definition) is 0. The maximum atomic E-state index is 0. The van der Waals surface area contributed by atoms with Gasteiger partial charge in [-0.3, -0.25) is 0 Å². The summed E-state index contributed by atoms with van der Waals surface area (Å²) in [6.07, 6.45) is 0. The molecule has 0 radical (unpaired) electrons. The predicted octanol–water partition coefficient (Wildman–Crippen LogP) is -0.0122. The van der Waals surface area contributed by atoms with Crippen LogP contribution in [0.4, 0.5) is 0 Å². The summed E-state index contributed by atoms with van der Waals surface area (Å²) >= 11 is 0. The van der Waals surface area contributed by atoms with Crippen LogP contribution in [0, 0.1) is 0 Å². The molecule has 0 saturated heterocycles. The molecule has 0 aliphatic rings. The molecule has 0 N–H and O–H groups in total. The Labute approximate surface area is 80.2 Å². The Morgan fingerprint density at radius 3 is 0.600 bits per heavy atom. The topological polar surface area (TPSA) is 0 Å². The molecule has 0 heterocycles. The molecule has 0 aliphatic heterocycles. The Morgan fingerprint density at radius 1 is 0.600 bits per heavy atom. The molecule has 0 aromatic heterocycles. The first-order valence-electron chi connectivity index (χ1n) is 0. The molecule has 5 heavy (non-hydrogen) atoms. The molecule has 0 aliphatic carbocycles. The molecule has 0 fully saturated rings. The van der Waals surface area contributed by atoms with E-state index >= 15 is 0 Å². The summed E-state index contributed by atoms with van der Waals surface area (Å²) < 4.78 is 0. The first-order chi connectivity index (χ1) is 0. The van der Waals surface area contributed by atoms with Crippen LogP contribution in [0.15, 0.2) is 0 Å². The van der Waals surface area contributed by atoms with Crippen molar-refractivity contribution in [2.45, 2.75) is 0 Å². The standard InChI is InChI=1S/Mo.3S.Zn/q+4;3*-2;+2. The molecule has 0 saturated carbocycles. The van der Waals surface area contributed by atoms with E-state index < -0.39 is 0 Å². The number of hydrogen-bond donors (Lipinski definition) is 0. The summed E-state index contributed by atoms with van der Waals surface area (Å²) in [7, 11) is 0. The maximum Gasteiger partial charge on any atom is 4.00 e. The van der Waals surface area contributed by atoms with Crippen LogP contribution in [0.3, 0.4) is 0 Å². The molecule has 0 nitrogen and oxygen atoms in total. The zero-order valence-electron chi connectivity index (χ0n) is 2.34. The average molecular weight is 258 g/mol. The van der Waals surface area contributed by atoms with Gasteiger partial charge < -0.3 is 40.5 Å². The monoisotopic (exact) mass is 258 g/mol. The largest absolute Gasteiger partial charge is 4.00 e. The van der Waals surface area contributed by atoms with Gasteiger partial charge in [-0.25, -0.2) is 0 Å². The first kappa shape index (κ1) is 53.4. The van der Waals surface area contributed by atoms with Gasteiger partial charge in [-0.1, -0.05) is 0 Å². The van der Waals surface area contributed by atoms with E-state index in [4.69, 9.17) is 0 Å². The third-order valence-electron chi connectivity index (χ3n) is 0. The maximum absolute atomic E-state index is 0. The molecule has 0 atom stereocenters. The van der Waals surface area contributed by atoms with E-state index in [1.165, 1.54) is 0 Å². The first-order valence-corrected chi connectivity index (χ1v) is 0. The predicted molar refractivity (Wildman–Crippen MR) is 22.1 cm³/mol. The molecule has 0 aromatic carbocycles. The summed E-state index contributed by atoms with van der Waals surface area (Å²) in [5, 5.41) is 0. The van der Waals surface area contributed by atoms with Crippen LogP contribution in [-0.2, 0) is 81.0 Å². The van der Waals surface area contributed by atoms with Crippen LogP contribution in [-0.4, -0.2) is 0 Å². The van der Waals surface area contributed by atoms with Crippen molar-refractivity contribution < 1.29 is 40.5 Å². The molecule has 0 unspecified atom stereocenters. The minimum Gasteiger partial charge on any atom is -2.00 e. The van der Waals surface area contributed by atoms with Crippen LogP contribution < -0.4 is 0 Å². The van der Waals surface area contributed by atoms with Gasteiger partial charge in [0.05, 0.1) is 0 Å². The second kappa shape index (κ2) is 32.8. The van der Waals surface area contributed by atoms with E-state index in [-0.39, 0.29) is 81.0 Å². The van der Waals surface area contributed by atoms with Gasteiger partial charge in [-0.05, 0) is 0 Å². The third kappa shape index (κ3) is 21.7. The van der Waals surface area contributed by atoms with Crippen LogP contribution >= 0.6 is 0 Å². The minimum atomic E-state index is 0. The Hall–Kier alpha value is 2.36. The fraction of sp³-hybridized carbons (Fsp3) is 0. The Morgan fingerprint density at radius 2 is 0.600 bits per heavy atom. The van der Waals surface area contributed by atoms with Gasteiger partial charge >= 0.3 is 40.5 Å². The normalized spacial score (nSPS) is 0. The van der Waals surface area contributed by atoms with Gasteiger partial charge in [0.2, 0.25) is 0 Å². The SMILES string of the molecule is [Mo+4].[S-2].[S-2].[S-2].[Zn+2]. The van der Waals surface area contributed by atoms with E-state index in [0.717, 1.165) is 0 Å². The summed E-state index contributed by atoms with van der Waals surface area (Å²) in [6.45, 7) is 0. The smallest absolute Gasteiger partial charge is 2.00 e. The summed E-state index contributed by atoms with van der Waals surface area (Å²) in [5.41, 5.74) is 0. The van der Waals surface area contributed by atoms with Crippen molar-refractivity contribution in [3.63, 3.8) is 0 Å². The van der Waals surface area contributed by atoms with Gasteiger partial charge in [-0.2, -0.15) is 0 Å². The molecule has 0 bridgehead atoms. The van der Waals surface area contributed by atoms with Crippen molar-refractivity contribution in [1.82, 2.24) is 0 Å². The Balaban J connectivity index is 0. The fourth-order valence-corrected chi connectivity index (χ4v) is 0. The quantitative estimate of drug-likeness (QED) is 0.536. The van der Waals surface area contributed by atoms with Crippen LogP contribution in [0.2, 0.25) is 0 Å². The van der Waals surface area contributed by atoms with Crippen molar-refractivity contribution in [1.29, 1.82) is 0 Å². The van der Waals surface area contributed by atoms with E-state index in [2.05, 4.69) is 0 Å². The van der Waals surface area contributed by atoms with Crippen molar-refractivity contribution >= 4 is 40.5 Å². The Bertz CT molecular complexity index is 6.85. The molecular formula is MoS3Zn. The summed E-state index contributed by atoms with van der Waals surface area (Å²) in [4.78, 5) is 0. The van der Waals surface area contributed by atoms with Crippen molar-refractivity contribution in [2.24, 2.45) is 0 Å². The second-order valence-electron chi connectivity index (χ2n) is 0. The molecule has 0 aromatic rings. The zero-order valence-corrected chi connectivity index (χ0v) is 9.76. The number of rotatable bonds is 0. The van der Waals surface area contributed by atoms with E-state index in [9.17, 15) is 0 Å². The molecule has 0 rings (SSSR count). The van der Waals surface area contributed by atoms with Gasteiger partial charge in [-0.15, -0.1) is 0 Å². The fourth-order valence-electron chi connectivity index (χ4n) is 0. The van der Waals surface area contributed by atoms with E-state index in [1.54, 1.807) is 0 Å². The van der Waals surface area contributed by atoms with Crippen molar-refractivity contribution in [3.05, 3.63) is 0 Å². The summed E-state index contributed by atoms with van der Waals surface area (Å²) in [5.74, 6) is 0. The van der Waals surface area contributed by atoms with Crippen molar-refractivity contribution in [2.75, 3.05) is 0 Å². The third-order valence-corrected chi connectivity index (χ3v) is 0. The average Bonchev–Trinajstić information content (AvgIpc) is 0. The van der Waals surface area contributed by atoms with E-state index in [0.29, 0.717) is 0 Å². The Kier molecular flexibility index (Phi) is 350. The minimum absolute atomic E-state index is 0. The van der Waals surface area contributed by atoms with E-state index in [1.807, 2.05) is 0 Å². The molecular weight excluding hydrogens is 258 g/mol. The van der Waals surface area contributed by atoms with Gasteiger partial charge in [0, 0.05) is 0 Å². The van der Waals surface area contributed by atoms with Gasteiger partial charge in [0.25, 0.3) is 0 Å². The molecule has 26 valence electrons. The zero-order chi connectivity index (χ0) is 0. The molecule has 0 amide bonds. The van der Waals surface area contributed by atoms with Gasteiger partial charge in [0.15, 0.2) is 0 Å². The van der Waals surface area contributed by atoms with Crippen LogP contribution in [0.25, 0.3) is 0 Å². The molecule has 5 heteroatoms. The van der Waals surface area contributed by atoms with Crippen LogP contribution in [0.5, 0.6) is 0 Å². The van der Waals surface area contributed by atoms with Crippen LogP contribution in [0.1, 0.15) is 0 Å². The molecule has 0 spiro atoms. The summed E-state index contributed by atoms with van der Waals surface area (Å²) in [6, 6.07) is 0. The van der Waals surface area contributed by atoms with Gasteiger partial charge in [0.1, 0.15) is 0 Å². The van der Waals surface area contributed by atoms with Crippen molar-refractivity contribution in [3.8, 4) is 0 Å².